The highest BCUT2D eigenvalue weighted by Gasteiger charge is 2.18. The van der Waals surface area contributed by atoms with Gasteiger partial charge in [-0.15, -0.1) is 0 Å². The Labute approximate surface area is 156 Å². The molecule has 4 heteroatoms. The summed E-state index contributed by atoms with van der Waals surface area (Å²) in [6, 6.07) is 12.5. The van der Waals surface area contributed by atoms with Gasteiger partial charge in [0, 0.05) is 11.7 Å². The third kappa shape index (κ3) is 5.15. The molecule has 0 aliphatic rings. The molecule has 0 fully saturated rings. The van der Waals surface area contributed by atoms with Crippen molar-refractivity contribution in [3.8, 4) is 0 Å². The quantitative estimate of drug-likeness (QED) is 0.717. The van der Waals surface area contributed by atoms with Gasteiger partial charge in [-0.3, -0.25) is 4.79 Å². The molecule has 0 aliphatic heterocycles. The fourth-order valence-corrected chi connectivity index (χ4v) is 3.14. The van der Waals surface area contributed by atoms with Crippen LogP contribution in [0.4, 0.5) is 10.1 Å². The fourth-order valence-electron chi connectivity index (χ4n) is 3.14. The minimum Gasteiger partial charge on any atom is -0.324 e. The van der Waals surface area contributed by atoms with Gasteiger partial charge in [0.2, 0.25) is 5.91 Å². The number of hydrogen-bond donors (Lipinski definition) is 2. The molecule has 1 atom stereocenters. The Morgan fingerprint density at radius 3 is 2.27 bits per heavy atom. The maximum absolute atomic E-state index is 13.2. The van der Waals surface area contributed by atoms with Crippen molar-refractivity contribution < 1.29 is 9.18 Å². The monoisotopic (exact) mass is 356 g/mol. The first-order valence-corrected chi connectivity index (χ1v) is 9.17. The van der Waals surface area contributed by atoms with E-state index in [1.165, 1.54) is 12.1 Å². The summed E-state index contributed by atoms with van der Waals surface area (Å²) in [5.74, 6) is 0.280. The number of nitrogens with one attached hydrogen (secondary N) is 2. The summed E-state index contributed by atoms with van der Waals surface area (Å²) in [7, 11) is 0. The third-order valence-electron chi connectivity index (χ3n) is 4.57. The molecule has 0 radical (unpaired) electrons. The average molecular weight is 356 g/mol. The van der Waals surface area contributed by atoms with Crippen LogP contribution < -0.4 is 10.6 Å². The number of rotatable bonds is 7. The minimum atomic E-state index is -0.255. The standard InChI is InChI=1S/C22H29FN2O/c1-14(2)19-8-6-7-16(5)22(19)25-20(26)13-24-21(15(3)4)17-9-11-18(23)12-10-17/h6-12,14-15,21,24H,13H2,1-5H3,(H,25,26)/t21-/m1/s1. The van der Waals surface area contributed by atoms with Gasteiger partial charge in [0.1, 0.15) is 5.82 Å². The van der Waals surface area contributed by atoms with Crippen LogP contribution >= 0.6 is 0 Å². The molecule has 0 aliphatic carbocycles. The fraction of sp³-hybridized carbons (Fsp3) is 0.409. The maximum Gasteiger partial charge on any atom is 0.238 e. The molecule has 0 saturated carbocycles. The van der Waals surface area contributed by atoms with Crippen LogP contribution in [0.1, 0.15) is 56.3 Å². The van der Waals surface area contributed by atoms with Gasteiger partial charge in [0.05, 0.1) is 6.54 Å². The van der Waals surface area contributed by atoms with Gasteiger partial charge >= 0.3 is 0 Å². The summed E-state index contributed by atoms with van der Waals surface area (Å²) in [5, 5.41) is 6.36. The van der Waals surface area contributed by atoms with E-state index in [-0.39, 0.29) is 30.2 Å². The van der Waals surface area contributed by atoms with Gasteiger partial charge in [0.15, 0.2) is 0 Å². The third-order valence-corrected chi connectivity index (χ3v) is 4.57. The van der Waals surface area contributed by atoms with Crippen LogP contribution in [0.15, 0.2) is 42.5 Å². The number of aryl methyl sites for hydroxylation is 1. The van der Waals surface area contributed by atoms with Crippen LogP contribution in [0.5, 0.6) is 0 Å². The Balaban J connectivity index is 2.07. The van der Waals surface area contributed by atoms with Crippen LogP contribution in [-0.2, 0) is 4.79 Å². The van der Waals surface area contributed by atoms with E-state index in [1.807, 2.05) is 19.1 Å². The molecule has 0 heterocycles. The van der Waals surface area contributed by atoms with Crippen LogP contribution in [-0.4, -0.2) is 12.5 Å². The molecule has 0 unspecified atom stereocenters. The normalized spacial score (nSPS) is 12.5. The lowest BCUT2D eigenvalue weighted by Gasteiger charge is -2.23. The molecule has 0 spiro atoms. The van der Waals surface area contributed by atoms with Gasteiger partial charge in [-0.25, -0.2) is 4.39 Å². The molecule has 26 heavy (non-hydrogen) atoms. The van der Waals surface area contributed by atoms with Crippen molar-refractivity contribution in [2.45, 2.75) is 46.6 Å². The van der Waals surface area contributed by atoms with Gasteiger partial charge in [0.25, 0.3) is 0 Å². The zero-order valence-corrected chi connectivity index (χ0v) is 16.3. The highest BCUT2D eigenvalue weighted by atomic mass is 19.1. The molecule has 0 bridgehead atoms. The molecule has 3 nitrogen and oxygen atoms in total. The van der Waals surface area contributed by atoms with Crippen LogP contribution in [0.3, 0.4) is 0 Å². The van der Waals surface area contributed by atoms with Gasteiger partial charge in [-0.1, -0.05) is 58.0 Å². The predicted octanol–water partition coefficient (Wildman–Crippen LogP) is 5.18. The van der Waals surface area contributed by atoms with E-state index in [9.17, 15) is 9.18 Å². The zero-order valence-electron chi connectivity index (χ0n) is 16.3. The highest BCUT2D eigenvalue weighted by molar-refractivity contribution is 5.94. The molecule has 1 amide bonds. The van der Waals surface area contributed by atoms with Crippen LogP contribution in [0.2, 0.25) is 0 Å². The van der Waals surface area contributed by atoms with Crippen molar-refractivity contribution in [1.29, 1.82) is 0 Å². The molecule has 140 valence electrons. The van der Waals surface area contributed by atoms with E-state index in [0.29, 0.717) is 5.92 Å². The summed E-state index contributed by atoms with van der Waals surface area (Å²) in [4.78, 5) is 12.5. The predicted molar refractivity (Wildman–Crippen MR) is 106 cm³/mol. The van der Waals surface area contributed by atoms with Crippen molar-refractivity contribution >= 4 is 11.6 Å². The zero-order chi connectivity index (χ0) is 19.3. The Morgan fingerprint density at radius 1 is 1.04 bits per heavy atom. The SMILES string of the molecule is Cc1cccc(C(C)C)c1NC(=O)CN[C@@H](c1ccc(F)cc1)C(C)C. The average Bonchev–Trinajstić information content (AvgIpc) is 2.58. The molecule has 2 N–H and O–H groups in total. The number of hydrogen-bond acceptors (Lipinski definition) is 2. The molecular formula is C22H29FN2O. The van der Waals surface area contributed by atoms with E-state index >= 15 is 0 Å². The number of para-hydroxylation sites is 1. The van der Waals surface area contributed by atoms with Gasteiger partial charge in [-0.2, -0.15) is 0 Å². The molecule has 2 rings (SSSR count). The summed E-state index contributed by atoms with van der Waals surface area (Å²) < 4.78 is 13.2. The lowest BCUT2D eigenvalue weighted by Crippen LogP contribution is -2.34. The lowest BCUT2D eigenvalue weighted by molar-refractivity contribution is -0.115. The Bertz CT molecular complexity index is 738. The van der Waals surface area contributed by atoms with Gasteiger partial charge in [-0.05, 0) is 47.6 Å². The second-order valence-corrected chi connectivity index (χ2v) is 7.40. The van der Waals surface area contributed by atoms with E-state index in [4.69, 9.17) is 0 Å². The van der Waals surface area contributed by atoms with Crippen LogP contribution in [0, 0.1) is 18.7 Å². The Hall–Kier alpha value is -2.20. The molecular weight excluding hydrogens is 327 g/mol. The first-order chi connectivity index (χ1) is 12.3. The Kier molecular flexibility index (Phi) is 6.92. The number of amides is 1. The largest absolute Gasteiger partial charge is 0.324 e. The smallest absolute Gasteiger partial charge is 0.238 e. The number of benzene rings is 2. The van der Waals surface area contributed by atoms with E-state index in [2.05, 4.69) is 44.4 Å². The first-order valence-electron chi connectivity index (χ1n) is 9.17. The number of carbonyl (C=O) groups excluding carboxylic acids is 1. The second kappa shape index (κ2) is 8.95. The van der Waals surface area contributed by atoms with Gasteiger partial charge < -0.3 is 10.6 Å². The molecule has 0 saturated heterocycles. The second-order valence-electron chi connectivity index (χ2n) is 7.40. The summed E-state index contributed by atoms with van der Waals surface area (Å²) in [6.07, 6.45) is 0. The summed E-state index contributed by atoms with van der Waals surface area (Å²) in [6.45, 7) is 10.6. The molecule has 2 aromatic rings. The maximum atomic E-state index is 13.2. The first kappa shape index (κ1) is 20.1. The summed E-state index contributed by atoms with van der Waals surface area (Å²) >= 11 is 0. The minimum absolute atomic E-state index is 0.0113. The van der Waals surface area contributed by atoms with E-state index in [0.717, 1.165) is 22.4 Å². The van der Waals surface area contributed by atoms with E-state index in [1.54, 1.807) is 12.1 Å². The Morgan fingerprint density at radius 2 is 1.69 bits per heavy atom. The van der Waals surface area contributed by atoms with Crippen molar-refractivity contribution in [1.82, 2.24) is 5.32 Å². The number of carbonyl (C=O) groups is 1. The van der Waals surface area contributed by atoms with Crippen molar-refractivity contribution in [3.63, 3.8) is 0 Å². The molecule has 2 aromatic carbocycles. The lowest BCUT2D eigenvalue weighted by atomic mass is 9.96. The molecule has 0 aromatic heterocycles. The van der Waals surface area contributed by atoms with Crippen molar-refractivity contribution in [2.24, 2.45) is 5.92 Å². The summed E-state index contributed by atoms with van der Waals surface area (Å²) in [5.41, 5.74) is 4.07. The number of anilines is 1. The highest BCUT2D eigenvalue weighted by Crippen LogP contribution is 2.27. The topological polar surface area (TPSA) is 41.1 Å². The van der Waals surface area contributed by atoms with Crippen molar-refractivity contribution in [3.05, 3.63) is 65.0 Å². The van der Waals surface area contributed by atoms with Crippen LogP contribution in [0.25, 0.3) is 0 Å². The van der Waals surface area contributed by atoms with Crippen molar-refractivity contribution in [2.75, 3.05) is 11.9 Å². The van der Waals surface area contributed by atoms with E-state index < -0.39 is 0 Å². The number of halogens is 1.